The third-order valence-corrected chi connectivity index (χ3v) is 7.33. The van der Waals surface area contributed by atoms with E-state index in [2.05, 4.69) is 25.8 Å². The summed E-state index contributed by atoms with van der Waals surface area (Å²) in [5.74, 6) is 1.04. The molecule has 0 bridgehead atoms. The summed E-state index contributed by atoms with van der Waals surface area (Å²) in [6.07, 6.45) is 8.35. The van der Waals surface area contributed by atoms with Gasteiger partial charge in [-0.05, 0) is 62.8 Å². The zero-order valence-electron chi connectivity index (χ0n) is 16.9. The van der Waals surface area contributed by atoms with Crippen molar-refractivity contribution in [2.45, 2.75) is 71.9 Å². The molecule has 1 N–H and O–H groups in total. The first-order valence-electron chi connectivity index (χ1n) is 9.60. The van der Waals surface area contributed by atoms with E-state index in [0.717, 1.165) is 35.4 Å². The molecule has 25 heavy (non-hydrogen) atoms. The number of carbonyl (C=O) groups excluding carboxylic acids is 1. The molecule has 0 aromatic heterocycles. The molecule has 0 saturated carbocycles. The first-order chi connectivity index (χ1) is 11.9. The van der Waals surface area contributed by atoms with Crippen LogP contribution in [0.3, 0.4) is 0 Å². The second kappa shape index (κ2) is 11.5. The van der Waals surface area contributed by atoms with Crippen molar-refractivity contribution in [3.05, 3.63) is 23.3 Å². The number of benzene rings is 1. The second-order valence-corrected chi connectivity index (χ2v) is 9.56. The average Bonchev–Trinajstić information content (AvgIpc) is 2.59. The van der Waals surface area contributed by atoms with Crippen LogP contribution >= 0.6 is 7.92 Å². The van der Waals surface area contributed by atoms with Crippen LogP contribution in [0.2, 0.25) is 0 Å². The first kappa shape index (κ1) is 22.0. The number of aryl methyl sites for hydroxylation is 2. The van der Waals surface area contributed by atoms with Crippen molar-refractivity contribution in [2.75, 3.05) is 25.3 Å². The van der Waals surface area contributed by atoms with Gasteiger partial charge in [0, 0.05) is 5.69 Å². The summed E-state index contributed by atoms with van der Waals surface area (Å²) < 4.78 is 5.31. The predicted molar refractivity (Wildman–Crippen MR) is 112 cm³/mol. The van der Waals surface area contributed by atoms with Crippen LogP contribution in [0.1, 0.15) is 63.5 Å². The molecule has 0 radical (unpaired) electrons. The zero-order valence-corrected chi connectivity index (χ0v) is 17.8. The Morgan fingerprint density at radius 1 is 1.12 bits per heavy atom. The van der Waals surface area contributed by atoms with Gasteiger partial charge in [0.25, 0.3) is 0 Å². The Bertz CT molecular complexity index is 522. The summed E-state index contributed by atoms with van der Waals surface area (Å²) in [4.78, 5) is 13.0. The number of rotatable bonds is 11. The molecule has 3 nitrogen and oxygen atoms in total. The third-order valence-electron chi connectivity index (χ3n) is 4.75. The summed E-state index contributed by atoms with van der Waals surface area (Å²) in [5.41, 5.74) is 3.22. The number of hydrogen-bond acceptors (Lipinski definition) is 2. The molecule has 1 aromatic carbocycles. The van der Waals surface area contributed by atoms with Gasteiger partial charge in [0.05, 0.1) is 12.8 Å². The van der Waals surface area contributed by atoms with E-state index >= 15 is 0 Å². The Hall–Kier alpha value is -1.08. The number of methoxy groups -OCH3 is 1. The van der Waals surface area contributed by atoms with Crippen molar-refractivity contribution in [3.63, 3.8) is 0 Å². The van der Waals surface area contributed by atoms with Crippen molar-refractivity contribution < 1.29 is 9.53 Å². The molecule has 0 aliphatic carbocycles. The molecule has 1 aromatic rings. The molecule has 142 valence electrons. The third kappa shape index (κ3) is 6.98. The molecule has 2 unspecified atom stereocenters. The number of nitrogens with one attached hydrogen (secondary N) is 1. The maximum absolute atomic E-state index is 13.0. The molecule has 2 atom stereocenters. The molecular formula is C21H36NO2P. The number of anilines is 1. The average molecular weight is 365 g/mol. The minimum Gasteiger partial charge on any atom is -0.497 e. The SMILES string of the molecule is CCCCCCP(C)C(CCC)C(=O)Nc1c(C)cc(OC)cc1C. The van der Waals surface area contributed by atoms with Gasteiger partial charge in [-0.3, -0.25) is 4.79 Å². The van der Waals surface area contributed by atoms with E-state index < -0.39 is 0 Å². The molecule has 0 heterocycles. The van der Waals surface area contributed by atoms with Crippen LogP contribution in [-0.4, -0.2) is 31.5 Å². The molecule has 0 aliphatic rings. The van der Waals surface area contributed by atoms with Gasteiger partial charge in [-0.25, -0.2) is 0 Å². The number of amides is 1. The Kier molecular flexibility index (Phi) is 10.1. The highest BCUT2D eigenvalue weighted by Crippen LogP contribution is 2.41. The highest BCUT2D eigenvalue weighted by Gasteiger charge is 2.24. The Morgan fingerprint density at radius 3 is 2.28 bits per heavy atom. The molecule has 0 spiro atoms. The fourth-order valence-electron chi connectivity index (χ4n) is 3.21. The number of ether oxygens (including phenoxy) is 1. The fraction of sp³-hybridized carbons (Fsp3) is 0.667. The van der Waals surface area contributed by atoms with E-state index in [4.69, 9.17) is 4.74 Å². The standard InChI is InChI=1S/C21H36NO2P/c1-7-9-10-11-13-25(6)19(12-8-2)21(23)22-20-16(3)14-18(24-5)15-17(20)4/h14-15,19H,7-13H2,1-6H3,(H,22,23). The lowest BCUT2D eigenvalue weighted by Gasteiger charge is -2.24. The van der Waals surface area contributed by atoms with Crippen LogP contribution in [0.5, 0.6) is 5.75 Å². The second-order valence-electron chi connectivity index (χ2n) is 6.97. The Morgan fingerprint density at radius 2 is 1.76 bits per heavy atom. The smallest absolute Gasteiger partial charge is 0.231 e. The molecule has 1 amide bonds. The summed E-state index contributed by atoms with van der Waals surface area (Å²) >= 11 is 0. The number of unbranched alkanes of at least 4 members (excludes halogenated alkanes) is 3. The predicted octanol–water partition coefficient (Wildman–Crippen LogP) is 6.11. The molecule has 0 saturated heterocycles. The number of hydrogen-bond donors (Lipinski definition) is 1. The Balaban J connectivity index is 2.79. The van der Waals surface area contributed by atoms with Gasteiger partial charge >= 0.3 is 0 Å². The molecule has 4 heteroatoms. The lowest BCUT2D eigenvalue weighted by molar-refractivity contribution is -0.115. The van der Waals surface area contributed by atoms with Crippen LogP contribution in [-0.2, 0) is 4.79 Å². The monoisotopic (exact) mass is 365 g/mol. The minimum absolute atomic E-state index is 0.155. The van der Waals surface area contributed by atoms with Crippen LogP contribution in [0, 0.1) is 13.8 Å². The van der Waals surface area contributed by atoms with E-state index in [-0.39, 0.29) is 19.5 Å². The van der Waals surface area contributed by atoms with Crippen LogP contribution < -0.4 is 10.1 Å². The quantitative estimate of drug-likeness (QED) is 0.379. The lowest BCUT2D eigenvalue weighted by Crippen LogP contribution is -2.27. The summed E-state index contributed by atoms with van der Waals surface area (Å²) in [7, 11) is 1.41. The van der Waals surface area contributed by atoms with E-state index in [1.807, 2.05) is 26.0 Å². The van der Waals surface area contributed by atoms with Crippen LogP contribution in [0.25, 0.3) is 0 Å². The summed E-state index contributed by atoms with van der Waals surface area (Å²) in [5, 5.41) is 3.22. The van der Waals surface area contributed by atoms with Gasteiger partial charge in [-0.2, -0.15) is 0 Å². The minimum atomic E-state index is -0.267. The highest BCUT2D eigenvalue weighted by molar-refractivity contribution is 7.58. The first-order valence-corrected chi connectivity index (χ1v) is 11.6. The van der Waals surface area contributed by atoms with Gasteiger partial charge in [0.1, 0.15) is 5.75 Å². The van der Waals surface area contributed by atoms with Crippen molar-refractivity contribution in [2.24, 2.45) is 0 Å². The van der Waals surface area contributed by atoms with Crippen molar-refractivity contribution in [3.8, 4) is 5.75 Å². The van der Waals surface area contributed by atoms with Crippen molar-refractivity contribution in [1.82, 2.24) is 0 Å². The van der Waals surface area contributed by atoms with Gasteiger partial charge in [0.15, 0.2) is 0 Å². The van der Waals surface area contributed by atoms with Gasteiger partial charge < -0.3 is 10.1 Å². The maximum atomic E-state index is 13.0. The van der Waals surface area contributed by atoms with Crippen LogP contribution in [0.4, 0.5) is 5.69 Å². The van der Waals surface area contributed by atoms with Gasteiger partial charge in [-0.15, -0.1) is 0 Å². The topological polar surface area (TPSA) is 38.3 Å². The number of carbonyl (C=O) groups is 1. The van der Waals surface area contributed by atoms with E-state index in [9.17, 15) is 4.79 Å². The molecule has 1 rings (SSSR count). The molecule has 0 aliphatic heterocycles. The lowest BCUT2D eigenvalue weighted by atomic mass is 10.1. The van der Waals surface area contributed by atoms with Crippen LogP contribution in [0.15, 0.2) is 12.1 Å². The Labute approximate surface area is 155 Å². The summed E-state index contributed by atoms with van der Waals surface area (Å²) in [6, 6.07) is 3.97. The largest absolute Gasteiger partial charge is 0.497 e. The van der Waals surface area contributed by atoms with Gasteiger partial charge in [-0.1, -0.05) is 47.5 Å². The molecular weight excluding hydrogens is 329 g/mol. The summed E-state index contributed by atoms with van der Waals surface area (Å²) in [6.45, 7) is 10.8. The molecule has 0 fully saturated rings. The maximum Gasteiger partial charge on any atom is 0.231 e. The van der Waals surface area contributed by atoms with Crippen molar-refractivity contribution in [1.29, 1.82) is 0 Å². The zero-order chi connectivity index (χ0) is 18.8. The van der Waals surface area contributed by atoms with Gasteiger partial charge in [0.2, 0.25) is 5.91 Å². The highest BCUT2D eigenvalue weighted by atomic mass is 31.1. The van der Waals surface area contributed by atoms with E-state index in [0.29, 0.717) is 0 Å². The van der Waals surface area contributed by atoms with E-state index in [1.54, 1.807) is 7.11 Å². The fourth-order valence-corrected chi connectivity index (χ4v) is 5.41. The normalized spacial score (nSPS) is 13.4. The van der Waals surface area contributed by atoms with E-state index in [1.165, 1.54) is 31.8 Å². The van der Waals surface area contributed by atoms with Crippen molar-refractivity contribution >= 4 is 19.5 Å².